The molecule has 0 bridgehead atoms. The maximum absolute atomic E-state index is 9.74. The van der Waals surface area contributed by atoms with Crippen molar-refractivity contribution in [2.45, 2.75) is 32.5 Å². The quantitative estimate of drug-likeness (QED) is 0.606. The van der Waals surface area contributed by atoms with E-state index in [0.29, 0.717) is 13.1 Å². The van der Waals surface area contributed by atoms with Gasteiger partial charge >= 0.3 is 0 Å². The average Bonchev–Trinajstić information content (AvgIpc) is 2.77. The molecule has 1 heterocycles. The topological polar surface area (TPSA) is 70.3 Å². The third-order valence-corrected chi connectivity index (χ3v) is 2.77. The van der Waals surface area contributed by atoms with Crippen LogP contribution in [0, 0.1) is 5.92 Å². The molecule has 92 valence electrons. The van der Waals surface area contributed by atoms with Gasteiger partial charge in [-0.1, -0.05) is 6.92 Å². The lowest BCUT2D eigenvalue weighted by molar-refractivity contribution is 0.134. The maximum Gasteiger partial charge on any atom is 0.0860 e. The molecular weight excluding hydrogens is 206 g/mol. The number of aromatic nitrogens is 2. The van der Waals surface area contributed by atoms with Gasteiger partial charge in [0, 0.05) is 31.6 Å². The Kier molecular flexibility index (Phi) is 5.45. The van der Waals surface area contributed by atoms with E-state index in [2.05, 4.69) is 10.4 Å². The van der Waals surface area contributed by atoms with E-state index in [9.17, 15) is 5.11 Å². The second-order valence-electron chi connectivity index (χ2n) is 4.24. The smallest absolute Gasteiger partial charge is 0.0860 e. The number of hydrogen-bond donors (Lipinski definition) is 3. The summed E-state index contributed by atoms with van der Waals surface area (Å²) in [6.45, 7) is 5.12. The summed E-state index contributed by atoms with van der Waals surface area (Å²) in [4.78, 5) is 0. The Balaban J connectivity index is 2.22. The molecule has 0 aliphatic carbocycles. The molecule has 0 aliphatic heterocycles. The Hall–Kier alpha value is -0.910. The van der Waals surface area contributed by atoms with E-state index in [1.54, 1.807) is 10.9 Å². The molecule has 0 saturated heterocycles. The lowest BCUT2D eigenvalue weighted by atomic mass is 10.1. The van der Waals surface area contributed by atoms with Crippen LogP contribution in [-0.2, 0) is 6.54 Å². The number of nitrogens with zero attached hydrogens (tertiary/aromatic N) is 2. The van der Waals surface area contributed by atoms with Crippen LogP contribution >= 0.6 is 0 Å². The Morgan fingerprint density at radius 3 is 2.75 bits per heavy atom. The van der Waals surface area contributed by atoms with Gasteiger partial charge in [-0.3, -0.25) is 4.68 Å². The molecule has 1 rings (SSSR count). The van der Waals surface area contributed by atoms with Crippen LogP contribution in [-0.4, -0.2) is 45.3 Å². The van der Waals surface area contributed by atoms with Crippen LogP contribution in [0.25, 0.3) is 0 Å². The summed E-state index contributed by atoms with van der Waals surface area (Å²) in [5.41, 5.74) is 0. The molecule has 1 aromatic heterocycles. The first-order valence-corrected chi connectivity index (χ1v) is 5.63. The number of aliphatic hydroxyl groups is 2. The van der Waals surface area contributed by atoms with E-state index < -0.39 is 6.10 Å². The lowest BCUT2D eigenvalue weighted by Crippen LogP contribution is -2.40. The number of aliphatic hydroxyl groups excluding tert-OH is 2. The van der Waals surface area contributed by atoms with Gasteiger partial charge < -0.3 is 15.5 Å². The second kappa shape index (κ2) is 6.62. The van der Waals surface area contributed by atoms with Gasteiger partial charge in [0.25, 0.3) is 0 Å². The SMILES string of the molecule is CC(CO)C(C)NCC(O)Cn1cccn1. The van der Waals surface area contributed by atoms with Gasteiger partial charge in [-0.15, -0.1) is 0 Å². The minimum Gasteiger partial charge on any atom is -0.396 e. The largest absolute Gasteiger partial charge is 0.396 e. The molecule has 5 heteroatoms. The van der Waals surface area contributed by atoms with Gasteiger partial charge in [0.2, 0.25) is 0 Å². The van der Waals surface area contributed by atoms with Gasteiger partial charge in [0.1, 0.15) is 0 Å². The summed E-state index contributed by atoms with van der Waals surface area (Å²) in [5, 5.41) is 25.9. The van der Waals surface area contributed by atoms with E-state index in [0.717, 1.165) is 0 Å². The Morgan fingerprint density at radius 2 is 2.19 bits per heavy atom. The third kappa shape index (κ3) is 4.30. The standard InChI is InChI=1S/C11H21N3O2/c1-9(8-15)10(2)12-6-11(16)7-14-5-3-4-13-14/h3-5,9-12,15-16H,6-8H2,1-2H3. The second-order valence-corrected chi connectivity index (χ2v) is 4.24. The fourth-order valence-electron chi connectivity index (χ4n) is 1.37. The van der Waals surface area contributed by atoms with Crippen molar-refractivity contribution in [2.24, 2.45) is 5.92 Å². The zero-order valence-electron chi connectivity index (χ0n) is 9.87. The minimum absolute atomic E-state index is 0.156. The highest BCUT2D eigenvalue weighted by atomic mass is 16.3. The van der Waals surface area contributed by atoms with E-state index >= 15 is 0 Å². The number of hydrogen-bond acceptors (Lipinski definition) is 4. The predicted molar refractivity (Wildman–Crippen MR) is 61.9 cm³/mol. The van der Waals surface area contributed by atoms with Crippen LogP contribution in [0.3, 0.4) is 0 Å². The van der Waals surface area contributed by atoms with Gasteiger partial charge in [0.15, 0.2) is 0 Å². The van der Waals surface area contributed by atoms with Crippen LogP contribution in [0.5, 0.6) is 0 Å². The average molecular weight is 227 g/mol. The van der Waals surface area contributed by atoms with Crippen LogP contribution < -0.4 is 5.32 Å². The molecular formula is C11H21N3O2. The van der Waals surface area contributed by atoms with Gasteiger partial charge in [-0.25, -0.2) is 0 Å². The number of rotatable bonds is 7. The van der Waals surface area contributed by atoms with E-state index in [1.165, 1.54) is 0 Å². The summed E-state index contributed by atoms with van der Waals surface area (Å²) >= 11 is 0. The Morgan fingerprint density at radius 1 is 1.44 bits per heavy atom. The van der Waals surface area contributed by atoms with Crippen molar-refractivity contribution < 1.29 is 10.2 Å². The highest BCUT2D eigenvalue weighted by Gasteiger charge is 2.12. The molecule has 0 fully saturated rings. The van der Waals surface area contributed by atoms with Crippen molar-refractivity contribution in [1.29, 1.82) is 0 Å². The Bertz CT molecular complexity index is 277. The molecule has 3 N–H and O–H groups in total. The van der Waals surface area contributed by atoms with Gasteiger partial charge in [-0.2, -0.15) is 5.10 Å². The van der Waals surface area contributed by atoms with Crippen molar-refractivity contribution in [3.63, 3.8) is 0 Å². The molecule has 0 spiro atoms. The number of nitrogens with one attached hydrogen (secondary N) is 1. The van der Waals surface area contributed by atoms with Crippen molar-refractivity contribution in [2.75, 3.05) is 13.2 Å². The molecule has 0 radical (unpaired) electrons. The highest BCUT2D eigenvalue weighted by Crippen LogP contribution is 2.00. The highest BCUT2D eigenvalue weighted by molar-refractivity contribution is 4.79. The Labute approximate surface area is 96.1 Å². The van der Waals surface area contributed by atoms with E-state index in [4.69, 9.17) is 5.11 Å². The van der Waals surface area contributed by atoms with Crippen LogP contribution in [0.2, 0.25) is 0 Å². The molecule has 0 saturated carbocycles. The predicted octanol–water partition coefficient (Wildman–Crippen LogP) is -0.150. The van der Waals surface area contributed by atoms with Crippen LogP contribution in [0.4, 0.5) is 0 Å². The van der Waals surface area contributed by atoms with Crippen molar-refractivity contribution in [1.82, 2.24) is 15.1 Å². The third-order valence-electron chi connectivity index (χ3n) is 2.77. The zero-order valence-corrected chi connectivity index (χ0v) is 9.87. The molecule has 0 aromatic carbocycles. The van der Waals surface area contributed by atoms with E-state index in [-0.39, 0.29) is 18.6 Å². The van der Waals surface area contributed by atoms with Crippen molar-refractivity contribution in [3.05, 3.63) is 18.5 Å². The molecule has 3 unspecified atom stereocenters. The van der Waals surface area contributed by atoms with Crippen LogP contribution in [0.15, 0.2) is 18.5 Å². The normalized spacial score (nSPS) is 17.0. The monoisotopic (exact) mass is 227 g/mol. The molecule has 1 aromatic rings. The minimum atomic E-state index is -0.465. The maximum atomic E-state index is 9.74. The fraction of sp³-hybridized carbons (Fsp3) is 0.727. The summed E-state index contributed by atoms with van der Waals surface area (Å²) in [5.74, 6) is 0.192. The first-order valence-electron chi connectivity index (χ1n) is 5.63. The van der Waals surface area contributed by atoms with Crippen molar-refractivity contribution >= 4 is 0 Å². The zero-order chi connectivity index (χ0) is 12.0. The van der Waals surface area contributed by atoms with Gasteiger partial charge in [-0.05, 0) is 18.9 Å². The van der Waals surface area contributed by atoms with Crippen molar-refractivity contribution in [3.8, 4) is 0 Å². The molecule has 16 heavy (non-hydrogen) atoms. The lowest BCUT2D eigenvalue weighted by Gasteiger charge is -2.21. The van der Waals surface area contributed by atoms with Crippen LogP contribution in [0.1, 0.15) is 13.8 Å². The summed E-state index contributed by atoms with van der Waals surface area (Å²) in [7, 11) is 0. The molecule has 0 aliphatic rings. The first-order chi connectivity index (χ1) is 7.63. The van der Waals surface area contributed by atoms with Gasteiger partial charge in [0.05, 0.1) is 12.6 Å². The summed E-state index contributed by atoms with van der Waals surface area (Å²) in [6, 6.07) is 2.02. The van der Waals surface area contributed by atoms with E-state index in [1.807, 2.05) is 26.1 Å². The molecule has 0 amide bonds. The fourth-order valence-corrected chi connectivity index (χ4v) is 1.37. The summed E-state index contributed by atoms with van der Waals surface area (Å²) in [6.07, 6.45) is 3.05. The molecule has 3 atom stereocenters. The first kappa shape index (κ1) is 13.2. The molecule has 5 nitrogen and oxygen atoms in total. The summed E-state index contributed by atoms with van der Waals surface area (Å²) < 4.78 is 1.70.